The van der Waals surface area contributed by atoms with E-state index in [1.807, 2.05) is 6.07 Å². The molecule has 0 radical (unpaired) electrons. The van der Waals surface area contributed by atoms with Gasteiger partial charge in [-0.25, -0.2) is 8.78 Å². The minimum atomic E-state index is -3.41. The lowest BCUT2D eigenvalue weighted by Crippen LogP contribution is -2.37. The van der Waals surface area contributed by atoms with Gasteiger partial charge in [0, 0.05) is 6.07 Å². The van der Waals surface area contributed by atoms with Crippen LogP contribution in [0.15, 0.2) is 49.1 Å². The van der Waals surface area contributed by atoms with E-state index in [0.717, 1.165) is 42.2 Å². The molecule has 0 atom stereocenters. The molecule has 0 N–H and O–H groups in total. The Morgan fingerprint density at radius 2 is 1.44 bits per heavy atom. The highest BCUT2D eigenvalue weighted by Crippen LogP contribution is 2.47. The van der Waals surface area contributed by atoms with Gasteiger partial charge in [-0.05, 0) is 135 Å². The standard InChI is InChI=1S/C40H54F4O/c1-3-5-7-8-28-10-12-29(13-11-28)30-14-16-31(17-15-30)34-21-25-37(39(42)26-34)32-18-22-35(23-19-32)40(43,44)45-36-24-20-33(9-6-4-2)38(41)27-36/h4,20-21,24-32,35H,2-3,5-19,22-23H2,1H3. The van der Waals surface area contributed by atoms with Crippen molar-refractivity contribution in [2.24, 2.45) is 23.7 Å². The first kappa shape index (κ1) is 34.0. The van der Waals surface area contributed by atoms with Gasteiger partial charge in [-0.15, -0.1) is 6.58 Å². The van der Waals surface area contributed by atoms with Crippen molar-refractivity contribution in [2.75, 3.05) is 0 Å². The number of alkyl halides is 2. The summed E-state index contributed by atoms with van der Waals surface area (Å²) < 4.78 is 65.0. The van der Waals surface area contributed by atoms with E-state index in [1.165, 1.54) is 76.3 Å². The zero-order valence-corrected chi connectivity index (χ0v) is 27.4. The monoisotopic (exact) mass is 626 g/mol. The molecule has 0 saturated heterocycles. The third kappa shape index (κ3) is 8.95. The van der Waals surface area contributed by atoms with Crippen molar-refractivity contribution in [3.8, 4) is 5.75 Å². The fourth-order valence-electron chi connectivity index (χ4n) is 8.72. The maximum absolute atomic E-state index is 15.5. The second-order valence-electron chi connectivity index (χ2n) is 14.5. The zero-order valence-electron chi connectivity index (χ0n) is 27.4. The van der Waals surface area contributed by atoms with E-state index in [4.69, 9.17) is 4.74 Å². The normalized spacial score (nSPS) is 27.7. The highest BCUT2D eigenvalue weighted by molar-refractivity contribution is 5.31. The van der Waals surface area contributed by atoms with Gasteiger partial charge in [-0.1, -0.05) is 69.7 Å². The van der Waals surface area contributed by atoms with Crippen LogP contribution in [0.1, 0.15) is 145 Å². The molecule has 5 rings (SSSR count). The molecule has 0 aliphatic heterocycles. The summed E-state index contributed by atoms with van der Waals surface area (Å²) >= 11 is 0. The molecule has 0 amide bonds. The second-order valence-corrected chi connectivity index (χ2v) is 14.5. The molecule has 3 fully saturated rings. The van der Waals surface area contributed by atoms with E-state index in [9.17, 15) is 4.39 Å². The van der Waals surface area contributed by atoms with Gasteiger partial charge in [0.15, 0.2) is 0 Å². The number of aryl methyl sites for hydroxylation is 1. The van der Waals surface area contributed by atoms with Crippen molar-refractivity contribution in [3.05, 3.63) is 77.4 Å². The van der Waals surface area contributed by atoms with Crippen LogP contribution in [0.4, 0.5) is 17.6 Å². The van der Waals surface area contributed by atoms with Gasteiger partial charge in [-0.3, -0.25) is 0 Å². The number of allylic oxidation sites excluding steroid dienone is 1. The van der Waals surface area contributed by atoms with Gasteiger partial charge < -0.3 is 4.74 Å². The minimum Gasteiger partial charge on any atom is -0.432 e. The maximum atomic E-state index is 15.5. The van der Waals surface area contributed by atoms with Crippen LogP contribution in [-0.2, 0) is 6.42 Å². The van der Waals surface area contributed by atoms with Crippen molar-refractivity contribution in [1.29, 1.82) is 0 Å². The third-order valence-electron chi connectivity index (χ3n) is 11.6. The third-order valence-corrected chi connectivity index (χ3v) is 11.6. The van der Waals surface area contributed by atoms with E-state index in [1.54, 1.807) is 12.1 Å². The van der Waals surface area contributed by atoms with Gasteiger partial charge in [-0.2, -0.15) is 8.78 Å². The number of unbranched alkanes of at least 4 members (excludes halogenated alkanes) is 2. The Bertz CT molecular complexity index is 1220. The summed E-state index contributed by atoms with van der Waals surface area (Å²) in [6.45, 7) is 5.92. The van der Waals surface area contributed by atoms with Gasteiger partial charge in [0.25, 0.3) is 0 Å². The quantitative estimate of drug-likeness (QED) is 0.122. The summed E-state index contributed by atoms with van der Waals surface area (Å²) in [7, 11) is 0. The fourth-order valence-corrected chi connectivity index (χ4v) is 8.72. The molecule has 3 saturated carbocycles. The Morgan fingerprint density at radius 3 is 2.07 bits per heavy atom. The molecular weight excluding hydrogens is 572 g/mol. The van der Waals surface area contributed by atoms with Gasteiger partial charge in [0.05, 0.1) is 5.92 Å². The smallest absolute Gasteiger partial charge is 0.400 e. The molecule has 1 nitrogen and oxygen atoms in total. The van der Waals surface area contributed by atoms with Crippen molar-refractivity contribution in [3.63, 3.8) is 0 Å². The van der Waals surface area contributed by atoms with E-state index in [-0.39, 0.29) is 30.3 Å². The van der Waals surface area contributed by atoms with E-state index < -0.39 is 17.8 Å². The predicted molar refractivity (Wildman–Crippen MR) is 176 cm³/mol. The summed E-state index contributed by atoms with van der Waals surface area (Å²) in [6, 6.07) is 9.71. The Balaban J connectivity index is 1.08. The van der Waals surface area contributed by atoms with Crippen molar-refractivity contribution < 1.29 is 22.3 Å². The second kappa shape index (κ2) is 16.0. The number of benzene rings is 2. The van der Waals surface area contributed by atoms with E-state index in [2.05, 4.69) is 19.6 Å². The maximum Gasteiger partial charge on any atom is 0.400 e. The molecule has 2 aromatic carbocycles. The van der Waals surface area contributed by atoms with Crippen LogP contribution < -0.4 is 4.74 Å². The molecular formula is C40H54F4O. The molecule has 5 heteroatoms. The average molecular weight is 627 g/mol. The van der Waals surface area contributed by atoms with E-state index in [0.29, 0.717) is 42.7 Å². The molecule has 2 aromatic rings. The molecule has 0 bridgehead atoms. The predicted octanol–water partition coefficient (Wildman–Crippen LogP) is 12.7. The van der Waals surface area contributed by atoms with Gasteiger partial charge in [0.1, 0.15) is 17.4 Å². The van der Waals surface area contributed by atoms with Crippen LogP contribution in [0.2, 0.25) is 0 Å². The van der Waals surface area contributed by atoms with Crippen LogP contribution in [-0.4, -0.2) is 6.11 Å². The molecule has 0 heterocycles. The van der Waals surface area contributed by atoms with Gasteiger partial charge >= 0.3 is 6.11 Å². The van der Waals surface area contributed by atoms with Crippen LogP contribution in [0.5, 0.6) is 5.75 Å². The first-order valence-electron chi connectivity index (χ1n) is 18.0. The van der Waals surface area contributed by atoms with Gasteiger partial charge in [0.2, 0.25) is 0 Å². The highest BCUT2D eigenvalue weighted by atomic mass is 19.3. The fraction of sp³-hybridized carbons (Fsp3) is 0.650. The topological polar surface area (TPSA) is 9.23 Å². The molecule has 45 heavy (non-hydrogen) atoms. The van der Waals surface area contributed by atoms with Crippen molar-refractivity contribution in [2.45, 2.75) is 140 Å². The lowest BCUT2D eigenvalue weighted by molar-refractivity contribution is -0.222. The molecule has 0 unspecified atom stereocenters. The van der Waals surface area contributed by atoms with E-state index >= 15 is 13.2 Å². The SMILES string of the molecule is C=CCCc1ccc(OC(F)(F)C2CCC(c3ccc(C4CCC(C5CCC(CCCCC)CC5)CC4)cc3F)CC2)cc1F. The Labute approximate surface area is 269 Å². The van der Waals surface area contributed by atoms with Crippen LogP contribution in [0, 0.1) is 35.3 Å². The zero-order chi connectivity index (χ0) is 31.8. The number of rotatable bonds is 13. The van der Waals surface area contributed by atoms with Crippen LogP contribution >= 0.6 is 0 Å². The first-order chi connectivity index (χ1) is 21.8. The molecule has 0 aromatic heterocycles. The molecule has 3 aliphatic rings. The van der Waals surface area contributed by atoms with Crippen molar-refractivity contribution in [1.82, 2.24) is 0 Å². The lowest BCUT2D eigenvalue weighted by Gasteiger charge is -2.38. The minimum absolute atomic E-state index is 0.0690. The van der Waals surface area contributed by atoms with Crippen LogP contribution in [0.3, 0.4) is 0 Å². The summed E-state index contributed by atoms with van der Waals surface area (Å²) in [5.74, 6) is 1.14. The molecule has 0 spiro atoms. The summed E-state index contributed by atoms with van der Waals surface area (Å²) in [5, 5.41) is 0. The first-order valence-corrected chi connectivity index (χ1v) is 18.0. The summed E-state index contributed by atoms with van der Waals surface area (Å²) in [6.07, 6.45) is 16.7. The van der Waals surface area contributed by atoms with Crippen LogP contribution in [0.25, 0.3) is 0 Å². The highest BCUT2D eigenvalue weighted by Gasteiger charge is 2.44. The number of hydrogen-bond acceptors (Lipinski definition) is 1. The van der Waals surface area contributed by atoms with Crippen molar-refractivity contribution >= 4 is 0 Å². The number of ether oxygens (including phenoxy) is 1. The Hall–Kier alpha value is -2.30. The number of hydrogen-bond donors (Lipinski definition) is 0. The summed E-state index contributed by atoms with van der Waals surface area (Å²) in [5.41, 5.74) is 2.21. The molecule has 3 aliphatic carbocycles. The summed E-state index contributed by atoms with van der Waals surface area (Å²) in [4.78, 5) is 0. The number of halogens is 4. The Kier molecular flexibility index (Phi) is 12.1. The largest absolute Gasteiger partial charge is 0.432 e. The lowest BCUT2D eigenvalue weighted by atomic mass is 9.68. The average Bonchev–Trinajstić information content (AvgIpc) is 3.05. The molecule has 248 valence electrons. The Morgan fingerprint density at radius 1 is 0.778 bits per heavy atom.